The predicted octanol–water partition coefficient (Wildman–Crippen LogP) is 1.36. The molecule has 1 rings (SSSR count). The fourth-order valence-electron chi connectivity index (χ4n) is 2.03. The zero-order valence-corrected chi connectivity index (χ0v) is 9.59. The first kappa shape index (κ1) is 12.0. The molecule has 4 heteroatoms. The SMILES string of the molecule is CCS(=O)(=O)CC(O)C1CCCCC1. The van der Waals surface area contributed by atoms with Crippen LogP contribution in [0, 0.1) is 5.92 Å². The monoisotopic (exact) mass is 220 g/mol. The van der Waals surface area contributed by atoms with E-state index in [1.54, 1.807) is 6.92 Å². The minimum absolute atomic E-state index is 0.0475. The molecule has 1 aliphatic rings. The van der Waals surface area contributed by atoms with E-state index in [-0.39, 0.29) is 17.4 Å². The Kier molecular flexibility index (Phi) is 4.38. The Morgan fingerprint density at radius 2 is 1.86 bits per heavy atom. The van der Waals surface area contributed by atoms with Crippen molar-refractivity contribution >= 4 is 9.84 Å². The average molecular weight is 220 g/mol. The minimum atomic E-state index is -3.02. The summed E-state index contributed by atoms with van der Waals surface area (Å²) in [5.74, 6) is 0.301. The third-order valence-electron chi connectivity index (χ3n) is 3.06. The van der Waals surface area contributed by atoms with Crippen LogP contribution >= 0.6 is 0 Å². The third-order valence-corrected chi connectivity index (χ3v) is 4.79. The second-order valence-electron chi connectivity index (χ2n) is 4.16. The van der Waals surface area contributed by atoms with Crippen LogP contribution in [-0.4, -0.2) is 31.1 Å². The first-order chi connectivity index (χ1) is 6.55. The molecule has 1 unspecified atom stereocenters. The fourth-order valence-corrected chi connectivity index (χ4v) is 3.06. The van der Waals surface area contributed by atoms with Gasteiger partial charge in [-0.2, -0.15) is 0 Å². The van der Waals surface area contributed by atoms with Gasteiger partial charge in [0.25, 0.3) is 0 Å². The molecule has 1 fully saturated rings. The Morgan fingerprint density at radius 1 is 1.29 bits per heavy atom. The quantitative estimate of drug-likeness (QED) is 0.778. The van der Waals surface area contributed by atoms with Gasteiger partial charge in [0.15, 0.2) is 9.84 Å². The lowest BCUT2D eigenvalue weighted by Gasteiger charge is -2.26. The van der Waals surface area contributed by atoms with Gasteiger partial charge in [0, 0.05) is 5.75 Å². The van der Waals surface area contributed by atoms with Crippen LogP contribution in [0.4, 0.5) is 0 Å². The van der Waals surface area contributed by atoms with E-state index in [2.05, 4.69) is 0 Å². The molecule has 1 atom stereocenters. The lowest BCUT2D eigenvalue weighted by Crippen LogP contribution is -2.30. The van der Waals surface area contributed by atoms with Gasteiger partial charge in [-0.25, -0.2) is 8.42 Å². The second kappa shape index (κ2) is 5.12. The summed E-state index contributed by atoms with van der Waals surface area (Å²) in [5, 5.41) is 9.76. The van der Waals surface area contributed by atoms with Gasteiger partial charge in [-0.05, 0) is 18.8 Å². The molecular formula is C10H20O3S. The zero-order valence-electron chi connectivity index (χ0n) is 8.78. The number of hydrogen-bond acceptors (Lipinski definition) is 3. The van der Waals surface area contributed by atoms with Crippen molar-refractivity contribution < 1.29 is 13.5 Å². The van der Waals surface area contributed by atoms with Crippen molar-refractivity contribution in [1.29, 1.82) is 0 Å². The van der Waals surface area contributed by atoms with Gasteiger partial charge < -0.3 is 5.11 Å². The van der Waals surface area contributed by atoms with E-state index >= 15 is 0 Å². The highest BCUT2D eigenvalue weighted by Crippen LogP contribution is 2.27. The Balaban J connectivity index is 2.44. The number of sulfone groups is 1. The zero-order chi connectivity index (χ0) is 10.6. The predicted molar refractivity (Wildman–Crippen MR) is 56.9 cm³/mol. The highest BCUT2D eigenvalue weighted by molar-refractivity contribution is 7.91. The van der Waals surface area contributed by atoms with Gasteiger partial charge in [0.05, 0.1) is 11.9 Å². The Bertz CT molecular complexity index is 253. The molecule has 0 heterocycles. The Morgan fingerprint density at radius 3 is 2.36 bits per heavy atom. The van der Waals surface area contributed by atoms with Gasteiger partial charge in [-0.3, -0.25) is 0 Å². The average Bonchev–Trinajstić information content (AvgIpc) is 2.19. The van der Waals surface area contributed by atoms with Gasteiger partial charge in [-0.15, -0.1) is 0 Å². The fraction of sp³-hybridized carbons (Fsp3) is 1.00. The number of aliphatic hydroxyl groups is 1. The van der Waals surface area contributed by atoms with Crippen molar-refractivity contribution in [2.75, 3.05) is 11.5 Å². The maximum atomic E-state index is 11.3. The summed E-state index contributed by atoms with van der Waals surface area (Å²) in [5.41, 5.74) is 0. The normalized spacial score (nSPS) is 22.1. The second-order valence-corrected chi connectivity index (χ2v) is 6.56. The van der Waals surface area contributed by atoms with Crippen LogP contribution in [0.1, 0.15) is 39.0 Å². The summed E-state index contributed by atoms with van der Waals surface area (Å²) >= 11 is 0. The first-order valence-electron chi connectivity index (χ1n) is 5.43. The Labute approximate surface area is 86.4 Å². The van der Waals surface area contributed by atoms with Crippen molar-refractivity contribution in [1.82, 2.24) is 0 Å². The van der Waals surface area contributed by atoms with E-state index in [0.29, 0.717) is 0 Å². The molecule has 84 valence electrons. The van der Waals surface area contributed by atoms with Crippen LogP contribution in [0.2, 0.25) is 0 Å². The Hall–Kier alpha value is -0.0900. The van der Waals surface area contributed by atoms with Crippen molar-refractivity contribution in [2.24, 2.45) is 5.92 Å². The standard InChI is InChI=1S/C10H20O3S/c1-2-14(12,13)8-10(11)9-6-4-3-5-7-9/h9-11H,2-8H2,1H3. The van der Waals surface area contributed by atoms with Crippen LogP contribution in [-0.2, 0) is 9.84 Å². The molecule has 1 aliphatic carbocycles. The van der Waals surface area contributed by atoms with E-state index in [9.17, 15) is 13.5 Å². The molecule has 1 N–H and O–H groups in total. The summed E-state index contributed by atoms with van der Waals surface area (Å²) in [4.78, 5) is 0. The molecule has 3 nitrogen and oxygen atoms in total. The van der Waals surface area contributed by atoms with Crippen molar-refractivity contribution in [3.63, 3.8) is 0 Å². The summed E-state index contributed by atoms with van der Waals surface area (Å²) in [7, 11) is -3.02. The largest absolute Gasteiger partial charge is 0.392 e. The van der Waals surface area contributed by atoms with E-state index in [1.807, 2.05) is 0 Å². The van der Waals surface area contributed by atoms with Crippen LogP contribution < -0.4 is 0 Å². The molecule has 0 aliphatic heterocycles. The number of aliphatic hydroxyl groups excluding tert-OH is 1. The molecule has 0 spiro atoms. The first-order valence-corrected chi connectivity index (χ1v) is 7.26. The summed E-state index contributed by atoms with van der Waals surface area (Å²) in [6.07, 6.45) is 4.83. The van der Waals surface area contributed by atoms with Crippen molar-refractivity contribution in [3.8, 4) is 0 Å². The molecule has 0 bridgehead atoms. The number of hydrogen-bond donors (Lipinski definition) is 1. The topological polar surface area (TPSA) is 54.4 Å². The van der Waals surface area contributed by atoms with E-state index in [4.69, 9.17) is 0 Å². The van der Waals surface area contributed by atoms with Crippen LogP contribution in [0.3, 0.4) is 0 Å². The number of rotatable bonds is 4. The lowest BCUT2D eigenvalue weighted by atomic mass is 9.86. The summed E-state index contributed by atoms with van der Waals surface area (Å²) in [6.45, 7) is 1.63. The molecule has 0 aromatic heterocycles. The molecule has 1 saturated carbocycles. The van der Waals surface area contributed by atoms with Crippen LogP contribution in [0.15, 0.2) is 0 Å². The maximum absolute atomic E-state index is 11.3. The highest BCUT2D eigenvalue weighted by Gasteiger charge is 2.25. The molecule has 0 radical (unpaired) electrons. The molecule has 0 saturated heterocycles. The molecular weight excluding hydrogens is 200 g/mol. The molecule has 0 aromatic carbocycles. The van der Waals surface area contributed by atoms with E-state index in [1.165, 1.54) is 6.42 Å². The van der Waals surface area contributed by atoms with Crippen LogP contribution in [0.5, 0.6) is 0 Å². The summed E-state index contributed by atoms with van der Waals surface area (Å²) < 4.78 is 22.6. The molecule has 0 amide bonds. The van der Waals surface area contributed by atoms with E-state index < -0.39 is 15.9 Å². The van der Waals surface area contributed by atoms with Gasteiger partial charge in [0.1, 0.15) is 0 Å². The molecule has 14 heavy (non-hydrogen) atoms. The van der Waals surface area contributed by atoms with Gasteiger partial charge >= 0.3 is 0 Å². The third kappa shape index (κ3) is 3.58. The van der Waals surface area contributed by atoms with Crippen LogP contribution in [0.25, 0.3) is 0 Å². The lowest BCUT2D eigenvalue weighted by molar-refractivity contribution is 0.103. The van der Waals surface area contributed by atoms with Crippen molar-refractivity contribution in [3.05, 3.63) is 0 Å². The van der Waals surface area contributed by atoms with E-state index in [0.717, 1.165) is 25.7 Å². The maximum Gasteiger partial charge on any atom is 0.152 e. The van der Waals surface area contributed by atoms with Crippen molar-refractivity contribution in [2.45, 2.75) is 45.1 Å². The van der Waals surface area contributed by atoms with Gasteiger partial charge in [-0.1, -0.05) is 26.2 Å². The minimum Gasteiger partial charge on any atom is -0.392 e. The smallest absolute Gasteiger partial charge is 0.152 e. The summed E-state index contributed by atoms with van der Waals surface area (Å²) in [6, 6.07) is 0. The molecule has 0 aromatic rings. The van der Waals surface area contributed by atoms with Gasteiger partial charge in [0.2, 0.25) is 0 Å². The highest BCUT2D eigenvalue weighted by atomic mass is 32.2.